The number of halogens is 5. The number of aromatic nitrogens is 6. The van der Waals surface area contributed by atoms with Gasteiger partial charge in [0.1, 0.15) is 48.3 Å². The molecule has 1 aliphatic rings. The van der Waals surface area contributed by atoms with Crippen LogP contribution < -0.4 is 0 Å². The Morgan fingerprint density at radius 1 is 0.973 bits per heavy atom. The number of benzene rings is 2. The molecular formula is C22H17ClF4N6O4. The monoisotopic (exact) mass is 540 g/mol. The summed E-state index contributed by atoms with van der Waals surface area (Å²) >= 11 is 5.96. The average molecular weight is 541 g/mol. The first-order valence-electron chi connectivity index (χ1n) is 10.7. The van der Waals surface area contributed by atoms with Gasteiger partial charge in [-0.3, -0.25) is 4.57 Å². The predicted octanol–water partition coefficient (Wildman–Crippen LogP) is 2.13. The quantitative estimate of drug-likeness (QED) is 0.259. The molecule has 3 heterocycles. The fraction of sp³-hybridized carbons (Fsp3) is 0.273. The Bertz CT molecular complexity index is 1410. The second-order valence-electron chi connectivity index (χ2n) is 8.27. The highest BCUT2D eigenvalue weighted by Gasteiger charge is 2.48. The van der Waals surface area contributed by atoms with Crippen molar-refractivity contribution in [1.29, 1.82) is 0 Å². The topological polar surface area (TPSA) is 131 Å². The third-order valence-corrected chi connectivity index (χ3v) is 6.16. The Morgan fingerprint density at radius 3 is 2.38 bits per heavy atom. The van der Waals surface area contributed by atoms with Gasteiger partial charge in [0, 0.05) is 10.6 Å². The predicted molar refractivity (Wildman–Crippen MR) is 117 cm³/mol. The SMILES string of the molecule is OC[C@H]1O[C@@H](c2nncn2-c2cc(F)cc(Cl)c2)[C@H](O)[C@@H](n2cc(-c3cc(F)c(F)c(F)c3)nn2)[C@H]1O. The number of nitrogens with zero attached hydrogens (tertiary/aromatic N) is 6. The van der Waals surface area contributed by atoms with Crippen LogP contribution in [0.4, 0.5) is 17.6 Å². The van der Waals surface area contributed by atoms with Crippen molar-refractivity contribution in [3.63, 3.8) is 0 Å². The summed E-state index contributed by atoms with van der Waals surface area (Å²) in [5.41, 5.74) is -0.0116. The molecule has 0 saturated carbocycles. The zero-order valence-electron chi connectivity index (χ0n) is 18.5. The van der Waals surface area contributed by atoms with E-state index in [9.17, 15) is 32.9 Å². The van der Waals surface area contributed by atoms with Crippen LogP contribution in [0, 0.1) is 23.3 Å². The lowest BCUT2D eigenvalue weighted by Gasteiger charge is -2.41. The minimum absolute atomic E-state index is 0.00691. The Morgan fingerprint density at radius 2 is 1.70 bits per heavy atom. The Balaban J connectivity index is 1.52. The van der Waals surface area contributed by atoms with Crippen LogP contribution in [-0.4, -0.2) is 70.0 Å². The van der Waals surface area contributed by atoms with Gasteiger partial charge in [-0.05, 0) is 30.3 Å². The van der Waals surface area contributed by atoms with Crippen molar-refractivity contribution < 1.29 is 37.6 Å². The number of hydrogen-bond donors (Lipinski definition) is 3. The molecule has 0 amide bonds. The third-order valence-electron chi connectivity index (χ3n) is 5.94. The van der Waals surface area contributed by atoms with Gasteiger partial charge in [-0.1, -0.05) is 16.8 Å². The molecule has 1 aliphatic heterocycles. The zero-order chi connectivity index (χ0) is 26.4. The molecule has 194 valence electrons. The first-order chi connectivity index (χ1) is 17.7. The molecule has 10 nitrogen and oxygen atoms in total. The van der Waals surface area contributed by atoms with E-state index in [1.165, 1.54) is 23.2 Å². The van der Waals surface area contributed by atoms with E-state index in [0.717, 1.165) is 28.9 Å². The molecule has 1 fully saturated rings. The highest BCUT2D eigenvalue weighted by atomic mass is 35.5. The van der Waals surface area contributed by atoms with Crippen LogP contribution in [0.15, 0.2) is 42.9 Å². The first kappa shape index (κ1) is 25.2. The minimum Gasteiger partial charge on any atom is -0.394 e. The Labute approximate surface area is 210 Å². The summed E-state index contributed by atoms with van der Waals surface area (Å²) in [5.74, 6) is -5.17. The molecule has 37 heavy (non-hydrogen) atoms. The van der Waals surface area contributed by atoms with E-state index < -0.39 is 60.3 Å². The van der Waals surface area contributed by atoms with Gasteiger partial charge < -0.3 is 20.1 Å². The van der Waals surface area contributed by atoms with Crippen molar-refractivity contribution >= 4 is 11.6 Å². The Hall–Kier alpha value is -3.43. The molecular weight excluding hydrogens is 524 g/mol. The van der Waals surface area contributed by atoms with E-state index in [2.05, 4.69) is 20.5 Å². The van der Waals surface area contributed by atoms with Crippen LogP contribution >= 0.6 is 11.6 Å². The molecule has 0 aliphatic carbocycles. The normalized spacial score (nSPS) is 23.9. The molecule has 0 unspecified atom stereocenters. The van der Waals surface area contributed by atoms with Crippen molar-refractivity contribution in [2.75, 3.05) is 6.61 Å². The molecule has 0 bridgehead atoms. The van der Waals surface area contributed by atoms with Gasteiger partial charge >= 0.3 is 0 Å². The summed E-state index contributed by atoms with van der Waals surface area (Å²) in [6, 6.07) is 3.80. The largest absolute Gasteiger partial charge is 0.394 e. The Kier molecular flexibility index (Phi) is 6.68. The van der Waals surface area contributed by atoms with Crippen LogP contribution in [0.25, 0.3) is 16.9 Å². The van der Waals surface area contributed by atoms with Gasteiger partial charge in [0.15, 0.2) is 23.3 Å². The van der Waals surface area contributed by atoms with Crippen LogP contribution in [-0.2, 0) is 4.74 Å². The second kappa shape index (κ2) is 9.79. The summed E-state index contributed by atoms with van der Waals surface area (Å²) in [4.78, 5) is 0. The van der Waals surface area contributed by atoms with Gasteiger partial charge in [-0.25, -0.2) is 22.2 Å². The van der Waals surface area contributed by atoms with Gasteiger partial charge in [0.25, 0.3) is 0 Å². The number of aliphatic hydroxyl groups is 3. The standard InChI is InChI=1S/C22H17ClF4N6O4/c23-10-3-11(24)5-12(4-10)32-8-28-30-22(32)21-20(36)18(19(35)16(7-34)37-21)33-6-15(29-31-33)9-1-13(25)17(27)14(26)2-9/h1-6,8,16,18-21,34-36H,7H2/t16-,18+,19+,20-,21-/m1/s1. The molecule has 1 saturated heterocycles. The molecule has 15 heteroatoms. The van der Waals surface area contributed by atoms with E-state index in [4.69, 9.17) is 16.3 Å². The van der Waals surface area contributed by atoms with Crippen LogP contribution in [0.2, 0.25) is 5.02 Å². The van der Waals surface area contributed by atoms with E-state index in [1.54, 1.807) is 0 Å². The summed E-state index contributed by atoms with van der Waals surface area (Å²) < 4.78 is 62.8. The minimum atomic E-state index is -1.65. The van der Waals surface area contributed by atoms with E-state index in [-0.39, 0.29) is 27.8 Å². The van der Waals surface area contributed by atoms with Crippen molar-refractivity contribution in [2.24, 2.45) is 0 Å². The molecule has 3 N–H and O–H groups in total. The maximum atomic E-state index is 14.0. The highest BCUT2D eigenvalue weighted by molar-refractivity contribution is 6.30. The van der Waals surface area contributed by atoms with Gasteiger partial charge in [0.05, 0.1) is 18.5 Å². The number of aliphatic hydroxyl groups excluding tert-OH is 3. The van der Waals surface area contributed by atoms with Gasteiger partial charge in [0.2, 0.25) is 0 Å². The van der Waals surface area contributed by atoms with Crippen molar-refractivity contribution in [3.8, 4) is 16.9 Å². The average Bonchev–Trinajstić information content (AvgIpc) is 3.52. The van der Waals surface area contributed by atoms with E-state index in [1.807, 2.05) is 0 Å². The summed E-state index contributed by atoms with van der Waals surface area (Å²) in [6.07, 6.45) is -3.25. The lowest BCUT2D eigenvalue weighted by Crippen LogP contribution is -2.53. The molecule has 2 aromatic carbocycles. The van der Waals surface area contributed by atoms with Crippen molar-refractivity contribution in [1.82, 2.24) is 29.8 Å². The second-order valence-corrected chi connectivity index (χ2v) is 8.71. The summed E-state index contributed by atoms with van der Waals surface area (Å²) in [7, 11) is 0. The fourth-order valence-electron chi connectivity index (χ4n) is 4.20. The zero-order valence-corrected chi connectivity index (χ0v) is 19.2. The molecule has 0 radical (unpaired) electrons. The van der Waals surface area contributed by atoms with Crippen LogP contribution in [0.5, 0.6) is 0 Å². The number of ether oxygens (including phenoxy) is 1. The maximum absolute atomic E-state index is 14.0. The van der Waals surface area contributed by atoms with Crippen LogP contribution in [0.1, 0.15) is 18.0 Å². The van der Waals surface area contributed by atoms with E-state index >= 15 is 0 Å². The smallest absolute Gasteiger partial charge is 0.194 e. The van der Waals surface area contributed by atoms with Crippen molar-refractivity contribution in [2.45, 2.75) is 30.5 Å². The molecule has 5 atom stereocenters. The third kappa shape index (κ3) is 4.57. The lowest BCUT2D eigenvalue weighted by molar-refractivity contribution is -0.210. The van der Waals surface area contributed by atoms with Crippen molar-refractivity contribution in [3.05, 3.63) is 77.0 Å². The molecule has 5 rings (SSSR count). The molecule has 4 aromatic rings. The van der Waals surface area contributed by atoms with Crippen LogP contribution in [0.3, 0.4) is 0 Å². The first-order valence-corrected chi connectivity index (χ1v) is 11.1. The highest BCUT2D eigenvalue weighted by Crippen LogP contribution is 2.38. The van der Waals surface area contributed by atoms with Gasteiger partial charge in [-0.2, -0.15) is 0 Å². The lowest BCUT2D eigenvalue weighted by atomic mass is 9.92. The maximum Gasteiger partial charge on any atom is 0.194 e. The summed E-state index contributed by atoms with van der Waals surface area (Å²) in [6.45, 7) is -0.670. The van der Waals surface area contributed by atoms with E-state index in [0.29, 0.717) is 0 Å². The molecule has 0 spiro atoms. The number of rotatable bonds is 5. The van der Waals surface area contributed by atoms with Gasteiger partial charge in [-0.15, -0.1) is 15.3 Å². The summed E-state index contributed by atoms with van der Waals surface area (Å²) in [5, 5.41) is 47.4. The fourth-order valence-corrected chi connectivity index (χ4v) is 4.42. The number of hydrogen-bond acceptors (Lipinski definition) is 8. The molecule has 2 aromatic heterocycles.